The number of unbranched alkanes of at least 4 members (excludes halogenated alkanes) is 5. The van der Waals surface area contributed by atoms with Gasteiger partial charge in [-0.2, -0.15) is 0 Å². The molecule has 0 unspecified atom stereocenters. The largest absolute Gasteiger partial charge is 0.478 e. The minimum Gasteiger partial charge on any atom is -0.478 e. The molecule has 13 N–H and O–H groups in total. The van der Waals surface area contributed by atoms with Gasteiger partial charge in [0.1, 0.15) is 18.9 Å². The molecule has 8 amide bonds. The van der Waals surface area contributed by atoms with Gasteiger partial charge in [0.2, 0.25) is 75.7 Å². The number of aromatic carboxylic acids is 3. The highest BCUT2D eigenvalue weighted by molar-refractivity contribution is 7.91. The number of aromatic nitrogens is 15. The number of ketones is 1. The molecule has 54 heteroatoms. The molecule has 0 saturated heterocycles. The summed E-state index contributed by atoms with van der Waals surface area (Å²) in [5.41, 5.74) is 2.71. The number of benzene rings is 3. The number of aryl methyl sites for hydroxylation is 6. The van der Waals surface area contributed by atoms with Crippen LogP contribution in [0.15, 0.2) is 104 Å². The molecule has 0 spiro atoms. The van der Waals surface area contributed by atoms with E-state index < -0.39 is 159 Å². The van der Waals surface area contributed by atoms with E-state index in [0.717, 1.165) is 12.8 Å². The maximum absolute atomic E-state index is 15.9. The van der Waals surface area contributed by atoms with Crippen LogP contribution in [0.3, 0.4) is 0 Å². The van der Waals surface area contributed by atoms with E-state index in [1.54, 1.807) is 61.1 Å². The fourth-order valence-corrected chi connectivity index (χ4v) is 17.7. The van der Waals surface area contributed by atoms with Crippen LogP contribution in [0, 0.1) is 0 Å². The number of carboxylic acids is 3. The highest BCUT2D eigenvalue weighted by Crippen LogP contribution is 2.29. The standard InChI is InChI=1S/C80H105N27O21S6/c1-5-6-7-20-63(108)45-102(51(2)54-24-30-57(31-25-54)72(117)118)47-68(113)100(37-12-9-18-61-43-104(98-89-61)40-15-22-65(110)86-76-92-95-79(130-76)133(82,125)126)49-71(116)107(53(4)56-28-34-59(35-29-56)74(121)122)50-69(114)101(38-13-10-19-62-44-105(99-90-62)41-16-23-66(111)87-77-93-96-80(131-77)134(83,127)128)48-70(115)106(52(3)55-26-32-58(33-27-55)73(119)120)46-67(112)84-36-11-8-17-60-42-103(97-88-60)39-14-21-64(109)85-75-91-94-78(129-75)132(81,123)124/h24-35,42-44,51-53H,5-23,36-41,45-50H2,1-4H3,(H,84,112)(H,117,118)(H,119,120)(H,121,122)(H2,81,123,124)(H2,82,125,126)(H2,83,127,128)(H,85,91,109)(H,86,92,110)(H,87,93,111)/t51-,52-,53-/m1/s1. The normalized spacial score (nSPS) is 12.3. The van der Waals surface area contributed by atoms with Crippen LogP contribution in [0.25, 0.3) is 0 Å². The third kappa shape index (κ3) is 33.8. The quantitative estimate of drug-likeness (QED) is 0.0191. The van der Waals surface area contributed by atoms with E-state index in [4.69, 9.17) is 15.4 Å². The summed E-state index contributed by atoms with van der Waals surface area (Å²) in [6.45, 7) is 3.97. The number of Topliss-reactive ketones (excluding diaryl/α,β-unsaturated/α-hetero) is 1. The molecule has 9 rings (SSSR count). The van der Waals surface area contributed by atoms with Crippen LogP contribution >= 0.6 is 34.0 Å². The molecule has 722 valence electrons. The lowest BCUT2D eigenvalue weighted by molar-refractivity contribution is -0.148. The Morgan fingerprint density at radius 2 is 0.724 bits per heavy atom. The minimum atomic E-state index is -4.16. The van der Waals surface area contributed by atoms with Crippen LogP contribution < -0.4 is 36.7 Å². The predicted octanol–water partition coefficient (Wildman–Crippen LogP) is 3.84. The summed E-state index contributed by atoms with van der Waals surface area (Å²) < 4.78 is 73.2. The molecule has 0 aliphatic heterocycles. The van der Waals surface area contributed by atoms with Crippen molar-refractivity contribution in [1.29, 1.82) is 0 Å². The van der Waals surface area contributed by atoms with Gasteiger partial charge in [0, 0.05) is 89.6 Å². The highest BCUT2D eigenvalue weighted by atomic mass is 32.3. The van der Waals surface area contributed by atoms with Crippen molar-refractivity contribution in [2.45, 2.75) is 200 Å². The summed E-state index contributed by atoms with van der Waals surface area (Å²) in [4.78, 5) is 172. The number of carboxylic acid groups (broad SMARTS) is 3. The summed E-state index contributed by atoms with van der Waals surface area (Å²) in [5, 5.41) is 102. The maximum atomic E-state index is 15.9. The second-order valence-corrected chi connectivity index (χ2v) is 39.4. The van der Waals surface area contributed by atoms with Crippen molar-refractivity contribution in [2.75, 3.05) is 74.9 Å². The number of nitrogens with two attached hydrogens (primary N) is 3. The number of hydrogen-bond donors (Lipinski definition) is 10. The lowest BCUT2D eigenvalue weighted by Gasteiger charge is -2.35. The van der Waals surface area contributed by atoms with Crippen LogP contribution in [0.5, 0.6) is 0 Å². The summed E-state index contributed by atoms with van der Waals surface area (Å²) >= 11 is 1.77. The smallest absolute Gasteiger partial charge is 0.335 e. The van der Waals surface area contributed by atoms with Crippen molar-refractivity contribution >= 4 is 150 Å². The number of hydrogen-bond acceptors (Lipinski definition) is 34. The van der Waals surface area contributed by atoms with Gasteiger partial charge in [0.25, 0.3) is 30.1 Å². The number of anilines is 3. The van der Waals surface area contributed by atoms with Gasteiger partial charge < -0.3 is 56.2 Å². The molecule has 3 aromatic carbocycles. The van der Waals surface area contributed by atoms with Gasteiger partial charge in [-0.25, -0.2) is 55.1 Å². The van der Waals surface area contributed by atoms with Crippen LogP contribution in [0.2, 0.25) is 0 Å². The van der Waals surface area contributed by atoms with Gasteiger partial charge in [0.05, 0.1) is 72.0 Å². The van der Waals surface area contributed by atoms with Crippen molar-refractivity contribution in [3.05, 3.63) is 142 Å². The molecule has 3 atom stereocenters. The summed E-state index contributed by atoms with van der Waals surface area (Å²) in [6.07, 6.45) is 11.0. The Morgan fingerprint density at radius 3 is 1.07 bits per heavy atom. The molecule has 0 saturated carbocycles. The number of amides is 8. The minimum absolute atomic E-state index is 0.0118. The SMILES string of the molecule is CCCCCC(=O)CN(CC(=O)N(CCCCc1cn(CCCC(=O)Nc2nnc(S(N)(=O)=O)s2)nn1)CC(=O)N(CC(=O)N(CCCCc1cn(CCCC(=O)Nc2nnc(S(N)(=O)=O)s2)nn1)CC(=O)N(CC(=O)NCCCCc1cn(CCCC(=O)Nc2nnc(S(N)(=O)=O)s2)nn1)[C@H](C)c1ccc(C(=O)O)cc1)[C@H](C)c1ccc(C(=O)O)cc1)[C@H](C)c1ccc(C(=O)O)cc1. The van der Waals surface area contributed by atoms with Gasteiger partial charge in [-0.05, 0) is 157 Å². The Bertz CT molecular complexity index is 5930. The average Bonchev–Trinajstić information content (AvgIpc) is 1.36. The van der Waals surface area contributed by atoms with Gasteiger partial charge >= 0.3 is 17.9 Å². The van der Waals surface area contributed by atoms with Gasteiger partial charge in [-0.1, -0.05) is 106 Å². The molecule has 0 aliphatic carbocycles. The van der Waals surface area contributed by atoms with Crippen molar-refractivity contribution in [2.24, 2.45) is 15.4 Å². The first-order valence-electron chi connectivity index (χ1n) is 42.5. The van der Waals surface area contributed by atoms with Crippen molar-refractivity contribution in [1.82, 2.24) is 105 Å². The monoisotopic (exact) mass is 1970 g/mol. The molecular formula is C80H105N27O21S6. The number of sulfonamides is 3. The maximum Gasteiger partial charge on any atom is 0.335 e. The van der Waals surface area contributed by atoms with Gasteiger partial charge in [-0.15, -0.1) is 45.9 Å². The van der Waals surface area contributed by atoms with Crippen LogP contribution in [-0.2, 0) is 112 Å². The molecule has 0 bridgehead atoms. The summed E-state index contributed by atoms with van der Waals surface area (Å²) in [5.74, 6) is -8.97. The fraction of sp³-hybridized carbons (Fsp3) is 0.475. The molecule has 0 fully saturated rings. The van der Waals surface area contributed by atoms with Crippen LogP contribution in [-0.4, -0.2) is 270 Å². The van der Waals surface area contributed by atoms with E-state index in [2.05, 4.69) is 82.8 Å². The number of nitrogens with one attached hydrogen (secondary N) is 4. The lowest BCUT2D eigenvalue weighted by Crippen LogP contribution is -2.52. The van der Waals surface area contributed by atoms with Crippen LogP contribution in [0.4, 0.5) is 15.4 Å². The zero-order valence-corrected chi connectivity index (χ0v) is 78.5. The molecule has 134 heavy (non-hydrogen) atoms. The summed E-state index contributed by atoms with van der Waals surface area (Å²) in [6, 6.07) is 14.3. The molecule has 6 aromatic heterocycles. The Hall–Kier alpha value is -12.7. The summed E-state index contributed by atoms with van der Waals surface area (Å²) in [7, 11) is -12.4. The number of primary sulfonamides is 3. The van der Waals surface area contributed by atoms with Crippen molar-refractivity contribution < 1.29 is 98.1 Å². The molecule has 0 radical (unpaired) electrons. The first-order valence-corrected chi connectivity index (χ1v) is 49.6. The van der Waals surface area contributed by atoms with Crippen molar-refractivity contribution in [3.8, 4) is 0 Å². The third-order valence-electron chi connectivity index (χ3n) is 21.0. The van der Waals surface area contributed by atoms with E-state index in [9.17, 15) is 78.9 Å². The topological polar surface area (TPSA) is 680 Å². The van der Waals surface area contributed by atoms with Crippen molar-refractivity contribution in [3.63, 3.8) is 0 Å². The van der Waals surface area contributed by atoms with E-state index in [-0.39, 0.29) is 135 Å². The van der Waals surface area contributed by atoms with E-state index in [1.165, 1.54) is 89.6 Å². The van der Waals surface area contributed by atoms with E-state index in [0.29, 0.717) is 126 Å². The number of carbonyl (C=O) groups is 12. The van der Waals surface area contributed by atoms with Crippen LogP contribution in [0.1, 0.15) is 213 Å². The zero-order valence-electron chi connectivity index (χ0n) is 73.6. The molecule has 0 aliphatic rings. The zero-order chi connectivity index (χ0) is 97.4. The Labute approximate surface area is 781 Å². The van der Waals surface area contributed by atoms with E-state index >= 15 is 19.2 Å². The van der Waals surface area contributed by atoms with Gasteiger partial charge in [0.15, 0.2) is 0 Å². The fourth-order valence-electron chi connectivity index (χ4n) is 13.6. The predicted molar refractivity (Wildman–Crippen MR) is 482 cm³/mol. The lowest BCUT2D eigenvalue weighted by atomic mass is 10.0. The van der Waals surface area contributed by atoms with E-state index in [1.807, 2.05) is 6.92 Å². The molecular weight excluding hydrogens is 1870 g/mol. The molecule has 48 nitrogen and oxygen atoms in total. The highest BCUT2D eigenvalue weighted by Gasteiger charge is 2.35. The second kappa shape index (κ2) is 50.4. The Kier molecular flexibility index (Phi) is 39.5. The Balaban J connectivity index is 0.963. The number of nitrogens with zero attached hydrogens (tertiary/aromatic N) is 20. The van der Waals surface area contributed by atoms with Gasteiger partial charge in [-0.3, -0.25) is 62.1 Å². The average molecular weight is 1970 g/mol. The molecule has 9 aromatic rings. The first-order chi connectivity index (χ1) is 63.7. The second-order valence-electron chi connectivity index (χ2n) is 31.2. The Morgan fingerprint density at radius 1 is 0.381 bits per heavy atom. The third-order valence-corrected chi connectivity index (χ3v) is 27.5. The molecule has 6 heterocycles. The number of rotatable bonds is 58. The first kappa shape index (κ1) is 105. The number of carbonyl (C=O) groups excluding carboxylic acids is 9.